The van der Waals surface area contributed by atoms with E-state index in [0.717, 1.165) is 17.8 Å². The van der Waals surface area contributed by atoms with Crippen LogP contribution >= 0.6 is 11.6 Å². The molecule has 0 aromatic heterocycles. The molecule has 1 amide bonds. The Morgan fingerprint density at radius 3 is 2.57 bits per heavy atom. The van der Waals surface area contributed by atoms with Crippen LogP contribution in [-0.2, 0) is 11.3 Å². The number of halogens is 1. The van der Waals surface area contributed by atoms with Crippen molar-refractivity contribution in [2.75, 3.05) is 18.0 Å². The van der Waals surface area contributed by atoms with Gasteiger partial charge in [-0.25, -0.2) is 0 Å². The highest BCUT2D eigenvalue weighted by Crippen LogP contribution is 2.16. The van der Waals surface area contributed by atoms with Gasteiger partial charge in [-0.2, -0.15) is 0 Å². The van der Waals surface area contributed by atoms with Crippen molar-refractivity contribution in [3.63, 3.8) is 0 Å². The molecule has 1 N–H and O–H groups in total. The van der Waals surface area contributed by atoms with Crippen molar-refractivity contribution >= 4 is 23.2 Å². The summed E-state index contributed by atoms with van der Waals surface area (Å²) in [6, 6.07) is 15.9. The Morgan fingerprint density at radius 2 is 1.91 bits per heavy atom. The van der Waals surface area contributed by atoms with E-state index in [1.807, 2.05) is 30.3 Å². The van der Waals surface area contributed by atoms with Crippen LogP contribution < -0.4 is 10.2 Å². The Labute approximate surface area is 143 Å². The van der Waals surface area contributed by atoms with Crippen LogP contribution in [0.4, 0.5) is 5.69 Å². The molecule has 122 valence electrons. The normalized spacial score (nSPS) is 10.4. The summed E-state index contributed by atoms with van der Waals surface area (Å²) in [7, 11) is 0. The number of nitrogens with one attached hydrogen (secondary N) is 1. The minimum absolute atomic E-state index is 0.0612. The highest BCUT2D eigenvalue weighted by Gasteiger charge is 2.08. The average molecular weight is 331 g/mol. The zero-order chi connectivity index (χ0) is 16.7. The van der Waals surface area contributed by atoms with Crippen LogP contribution in [0.15, 0.2) is 48.5 Å². The summed E-state index contributed by atoms with van der Waals surface area (Å²) >= 11 is 5.85. The molecular formula is C19H23ClN2O. The molecule has 0 heterocycles. The number of hydrogen-bond acceptors (Lipinski definition) is 2. The Kier molecular flexibility index (Phi) is 6.48. The predicted molar refractivity (Wildman–Crippen MR) is 97.0 cm³/mol. The van der Waals surface area contributed by atoms with E-state index in [4.69, 9.17) is 11.6 Å². The van der Waals surface area contributed by atoms with Gasteiger partial charge in [0.25, 0.3) is 0 Å². The fourth-order valence-electron chi connectivity index (χ4n) is 2.42. The molecule has 23 heavy (non-hydrogen) atoms. The lowest BCUT2D eigenvalue weighted by Gasteiger charge is -2.23. The maximum absolute atomic E-state index is 12.0. The number of carbonyl (C=O) groups excluding carboxylic acids is 1. The molecule has 0 aliphatic carbocycles. The van der Waals surface area contributed by atoms with E-state index in [1.165, 1.54) is 5.56 Å². The smallest absolute Gasteiger partial charge is 0.222 e. The van der Waals surface area contributed by atoms with Crippen molar-refractivity contribution in [1.82, 2.24) is 5.32 Å². The van der Waals surface area contributed by atoms with Crippen LogP contribution in [0.2, 0.25) is 5.02 Å². The number of anilines is 1. The summed E-state index contributed by atoms with van der Waals surface area (Å²) in [5, 5.41) is 3.66. The highest BCUT2D eigenvalue weighted by molar-refractivity contribution is 6.30. The van der Waals surface area contributed by atoms with Gasteiger partial charge < -0.3 is 10.2 Å². The van der Waals surface area contributed by atoms with Gasteiger partial charge in [0, 0.05) is 36.8 Å². The second kappa shape index (κ2) is 8.59. The summed E-state index contributed by atoms with van der Waals surface area (Å²) in [5.41, 5.74) is 3.44. The zero-order valence-corrected chi connectivity index (χ0v) is 14.4. The van der Waals surface area contributed by atoms with Crippen LogP contribution in [0.1, 0.15) is 24.5 Å². The van der Waals surface area contributed by atoms with Gasteiger partial charge in [-0.3, -0.25) is 4.79 Å². The lowest BCUT2D eigenvalue weighted by atomic mass is 10.2. The van der Waals surface area contributed by atoms with Gasteiger partial charge in [0.1, 0.15) is 0 Å². The summed E-state index contributed by atoms with van der Waals surface area (Å²) in [5.74, 6) is 0.0612. The van der Waals surface area contributed by atoms with E-state index in [2.05, 4.69) is 42.3 Å². The van der Waals surface area contributed by atoms with Gasteiger partial charge in [0.05, 0.1) is 0 Å². The van der Waals surface area contributed by atoms with Crippen molar-refractivity contribution in [3.8, 4) is 0 Å². The lowest BCUT2D eigenvalue weighted by molar-refractivity contribution is -0.121. The standard InChI is InChI=1S/C19H23ClN2O/c1-3-22(18-6-4-5-15(2)13-18)12-11-19(23)21-14-16-7-9-17(20)10-8-16/h4-10,13H,3,11-12,14H2,1-2H3,(H,21,23). The molecule has 4 heteroatoms. The third-order valence-corrected chi connectivity index (χ3v) is 4.01. The molecule has 0 aliphatic heterocycles. The number of amides is 1. The first kappa shape index (κ1) is 17.4. The van der Waals surface area contributed by atoms with Crippen LogP contribution in [0.3, 0.4) is 0 Å². The van der Waals surface area contributed by atoms with E-state index < -0.39 is 0 Å². The molecule has 0 saturated carbocycles. The van der Waals surface area contributed by atoms with Gasteiger partial charge in [0.15, 0.2) is 0 Å². The second-order valence-electron chi connectivity index (χ2n) is 5.57. The molecule has 0 aliphatic rings. The summed E-state index contributed by atoms with van der Waals surface area (Å²) < 4.78 is 0. The van der Waals surface area contributed by atoms with Crippen LogP contribution in [0, 0.1) is 6.92 Å². The molecule has 0 unspecified atom stereocenters. The van der Waals surface area contributed by atoms with E-state index in [-0.39, 0.29) is 5.91 Å². The van der Waals surface area contributed by atoms with Gasteiger partial charge in [-0.1, -0.05) is 35.9 Å². The maximum atomic E-state index is 12.0. The second-order valence-corrected chi connectivity index (χ2v) is 6.01. The van der Waals surface area contributed by atoms with Crippen molar-refractivity contribution < 1.29 is 4.79 Å². The molecule has 0 fully saturated rings. The lowest BCUT2D eigenvalue weighted by Crippen LogP contribution is -2.30. The van der Waals surface area contributed by atoms with Gasteiger partial charge >= 0.3 is 0 Å². The fourth-order valence-corrected chi connectivity index (χ4v) is 2.55. The monoisotopic (exact) mass is 330 g/mol. The molecule has 2 aromatic rings. The summed E-state index contributed by atoms with van der Waals surface area (Å²) in [6.45, 7) is 6.32. The quantitative estimate of drug-likeness (QED) is 0.826. The number of aryl methyl sites for hydroxylation is 1. The van der Waals surface area contributed by atoms with Crippen molar-refractivity contribution in [1.29, 1.82) is 0 Å². The number of rotatable bonds is 7. The Hall–Kier alpha value is -2.00. The largest absolute Gasteiger partial charge is 0.371 e. The molecule has 0 radical (unpaired) electrons. The number of nitrogens with zero attached hydrogens (tertiary/aromatic N) is 1. The Morgan fingerprint density at radius 1 is 1.17 bits per heavy atom. The number of benzene rings is 2. The number of hydrogen-bond donors (Lipinski definition) is 1. The topological polar surface area (TPSA) is 32.3 Å². The Bertz CT molecular complexity index is 640. The highest BCUT2D eigenvalue weighted by atomic mass is 35.5. The van der Waals surface area contributed by atoms with E-state index in [1.54, 1.807) is 0 Å². The Balaban J connectivity index is 1.81. The maximum Gasteiger partial charge on any atom is 0.222 e. The average Bonchev–Trinajstić information content (AvgIpc) is 2.55. The third-order valence-electron chi connectivity index (χ3n) is 3.76. The van der Waals surface area contributed by atoms with Gasteiger partial charge in [-0.15, -0.1) is 0 Å². The van der Waals surface area contributed by atoms with Crippen LogP contribution in [0.5, 0.6) is 0 Å². The first-order chi connectivity index (χ1) is 11.1. The zero-order valence-electron chi connectivity index (χ0n) is 13.7. The van der Waals surface area contributed by atoms with E-state index in [0.29, 0.717) is 24.5 Å². The summed E-state index contributed by atoms with van der Waals surface area (Å²) in [6.07, 6.45) is 0.482. The van der Waals surface area contributed by atoms with Crippen molar-refractivity contribution in [2.45, 2.75) is 26.8 Å². The fraction of sp³-hybridized carbons (Fsp3) is 0.316. The minimum atomic E-state index is 0.0612. The van der Waals surface area contributed by atoms with E-state index >= 15 is 0 Å². The molecule has 0 saturated heterocycles. The molecule has 0 atom stereocenters. The van der Waals surface area contributed by atoms with Crippen molar-refractivity contribution in [3.05, 3.63) is 64.7 Å². The van der Waals surface area contributed by atoms with Crippen molar-refractivity contribution in [2.24, 2.45) is 0 Å². The molecule has 3 nitrogen and oxygen atoms in total. The van der Waals surface area contributed by atoms with Gasteiger partial charge in [0.2, 0.25) is 5.91 Å². The SMILES string of the molecule is CCN(CCC(=O)NCc1ccc(Cl)cc1)c1cccc(C)c1. The third kappa shape index (κ3) is 5.61. The molecule has 0 bridgehead atoms. The summed E-state index contributed by atoms with van der Waals surface area (Å²) in [4.78, 5) is 14.3. The molecule has 2 aromatic carbocycles. The number of carbonyl (C=O) groups is 1. The van der Waals surface area contributed by atoms with Gasteiger partial charge in [-0.05, 0) is 49.2 Å². The molecule has 2 rings (SSSR count). The molecular weight excluding hydrogens is 308 g/mol. The first-order valence-corrected chi connectivity index (χ1v) is 8.29. The first-order valence-electron chi connectivity index (χ1n) is 7.91. The minimum Gasteiger partial charge on any atom is -0.371 e. The van der Waals surface area contributed by atoms with Crippen LogP contribution in [-0.4, -0.2) is 19.0 Å². The van der Waals surface area contributed by atoms with Crippen LogP contribution in [0.25, 0.3) is 0 Å². The molecule has 0 spiro atoms. The van der Waals surface area contributed by atoms with E-state index in [9.17, 15) is 4.79 Å². The predicted octanol–water partition coefficient (Wildman–Crippen LogP) is 4.18.